The SMILES string of the molecule is CCN(Cc1ccc(CN(CC)C(=O)CI)cc1)C(=O)CI. The number of alkyl halides is 2. The number of nitrogens with zero attached hydrogens (tertiary/aromatic N) is 2. The van der Waals surface area contributed by atoms with Crippen molar-refractivity contribution in [3.05, 3.63) is 35.4 Å². The molecule has 22 heavy (non-hydrogen) atoms. The van der Waals surface area contributed by atoms with Crippen LogP contribution in [0.2, 0.25) is 0 Å². The molecule has 0 heterocycles. The van der Waals surface area contributed by atoms with E-state index in [4.69, 9.17) is 0 Å². The molecule has 0 aromatic heterocycles. The maximum atomic E-state index is 11.8. The highest BCUT2D eigenvalue weighted by atomic mass is 127. The second kappa shape index (κ2) is 10.4. The number of benzene rings is 1. The lowest BCUT2D eigenvalue weighted by atomic mass is 10.1. The van der Waals surface area contributed by atoms with Crippen molar-refractivity contribution >= 4 is 57.0 Å². The summed E-state index contributed by atoms with van der Waals surface area (Å²) in [5, 5.41) is 0. The molecule has 1 aromatic rings. The molecule has 0 saturated heterocycles. The largest absolute Gasteiger partial charge is 0.338 e. The molecule has 0 spiro atoms. The van der Waals surface area contributed by atoms with Gasteiger partial charge >= 0.3 is 0 Å². The lowest BCUT2D eigenvalue weighted by Crippen LogP contribution is -2.31. The zero-order chi connectivity index (χ0) is 16.5. The van der Waals surface area contributed by atoms with Crippen LogP contribution in [0, 0.1) is 0 Å². The van der Waals surface area contributed by atoms with Gasteiger partial charge in [0.25, 0.3) is 0 Å². The third-order valence-electron chi connectivity index (χ3n) is 3.47. The van der Waals surface area contributed by atoms with Crippen molar-refractivity contribution in [2.75, 3.05) is 21.9 Å². The lowest BCUT2D eigenvalue weighted by Gasteiger charge is -2.21. The van der Waals surface area contributed by atoms with Gasteiger partial charge in [-0.15, -0.1) is 0 Å². The molecule has 0 aliphatic carbocycles. The van der Waals surface area contributed by atoms with Gasteiger partial charge in [0, 0.05) is 26.2 Å². The van der Waals surface area contributed by atoms with Gasteiger partial charge < -0.3 is 9.80 Å². The van der Waals surface area contributed by atoms with Crippen LogP contribution in [-0.2, 0) is 22.7 Å². The number of carbonyl (C=O) groups is 2. The van der Waals surface area contributed by atoms with Crippen LogP contribution in [0.4, 0.5) is 0 Å². The molecule has 1 rings (SSSR count). The first-order valence-electron chi connectivity index (χ1n) is 7.30. The maximum absolute atomic E-state index is 11.8. The molecule has 0 fully saturated rings. The highest BCUT2D eigenvalue weighted by Gasteiger charge is 2.12. The Kier molecular flexibility index (Phi) is 9.30. The molecule has 0 bridgehead atoms. The fraction of sp³-hybridized carbons (Fsp3) is 0.500. The number of hydrogen-bond acceptors (Lipinski definition) is 2. The first kappa shape index (κ1) is 19.7. The second-order valence-corrected chi connectivity index (χ2v) is 6.43. The number of amides is 2. The van der Waals surface area contributed by atoms with Crippen LogP contribution in [0.25, 0.3) is 0 Å². The number of halogens is 2. The van der Waals surface area contributed by atoms with Gasteiger partial charge in [0.2, 0.25) is 11.8 Å². The van der Waals surface area contributed by atoms with Gasteiger partial charge in [0.1, 0.15) is 0 Å². The smallest absolute Gasteiger partial charge is 0.232 e. The molecule has 0 saturated carbocycles. The first-order valence-corrected chi connectivity index (χ1v) is 10.4. The topological polar surface area (TPSA) is 40.6 Å². The van der Waals surface area contributed by atoms with E-state index in [9.17, 15) is 9.59 Å². The number of rotatable bonds is 8. The van der Waals surface area contributed by atoms with E-state index in [0.29, 0.717) is 21.9 Å². The fourth-order valence-electron chi connectivity index (χ4n) is 2.11. The first-order chi connectivity index (χ1) is 10.5. The molecule has 0 aliphatic heterocycles. The molecule has 1 aromatic carbocycles. The average Bonchev–Trinajstić information content (AvgIpc) is 2.57. The van der Waals surface area contributed by atoms with Crippen molar-refractivity contribution in [1.29, 1.82) is 0 Å². The number of carbonyl (C=O) groups excluding carboxylic acids is 2. The maximum Gasteiger partial charge on any atom is 0.232 e. The van der Waals surface area contributed by atoms with E-state index in [-0.39, 0.29) is 11.8 Å². The van der Waals surface area contributed by atoms with Crippen molar-refractivity contribution in [1.82, 2.24) is 9.80 Å². The van der Waals surface area contributed by atoms with Gasteiger partial charge in [0.15, 0.2) is 0 Å². The zero-order valence-corrected chi connectivity index (χ0v) is 17.3. The van der Waals surface area contributed by atoms with Crippen LogP contribution in [0.5, 0.6) is 0 Å². The van der Waals surface area contributed by atoms with Crippen molar-refractivity contribution in [3.63, 3.8) is 0 Å². The average molecular weight is 528 g/mol. The monoisotopic (exact) mass is 528 g/mol. The molecule has 4 nitrogen and oxygen atoms in total. The summed E-state index contributed by atoms with van der Waals surface area (Å²) >= 11 is 4.20. The molecule has 0 atom stereocenters. The van der Waals surface area contributed by atoms with E-state index in [2.05, 4.69) is 45.2 Å². The molecule has 2 amide bonds. The summed E-state index contributed by atoms with van der Waals surface area (Å²) in [6.07, 6.45) is 0. The quantitative estimate of drug-likeness (QED) is 0.384. The summed E-state index contributed by atoms with van der Waals surface area (Å²) in [7, 11) is 0. The Hall–Kier alpha value is -0.380. The molecule has 0 unspecified atom stereocenters. The van der Waals surface area contributed by atoms with Gasteiger partial charge in [-0.1, -0.05) is 69.4 Å². The summed E-state index contributed by atoms with van der Waals surface area (Å²) in [5.41, 5.74) is 2.24. The van der Waals surface area contributed by atoms with Crippen LogP contribution in [-0.4, -0.2) is 43.6 Å². The molecule has 0 aliphatic rings. The van der Waals surface area contributed by atoms with E-state index >= 15 is 0 Å². The van der Waals surface area contributed by atoms with Crippen LogP contribution in [0.3, 0.4) is 0 Å². The Morgan fingerprint density at radius 2 is 1.14 bits per heavy atom. The molecule has 0 N–H and O–H groups in total. The lowest BCUT2D eigenvalue weighted by molar-refractivity contribution is -0.129. The fourth-order valence-corrected chi connectivity index (χ4v) is 3.08. The summed E-state index contributed by atoms with van der Waals surface area (Å²) in [5.74, 6) is 0.328. The van der Waals surface area contributed by atoms with Gasteiger partial charge in [-0.2, -0.15) is 0 Å². The van der Waals surface area contributed by atoms with Crippen LogP contribution in [0.1, 0.15) is 25.0 Å². The van der Waals surface area contributed by atoms with Crippen LogP contribution >= 0.6 is 45.2 Å². The zero-order valence-electron chi connectivity index (χ0n) is 13.0. The van der Waals surface area contributed by atoms with E-state index in [1.54, 1.807) is 0 Å². The molecule has 6 heteroatoms. The Morgan fingerprint density at radius 3 is 1.36 bits per heavy atom. The van der Waals surface area contributed by atoms with Crippen molar-refractivity contribution in [3.8, 4) is 0 Å². The van der Waals surface area contributed by atoms with E-state index in [1.165, 1.54) is 0 Å². The normalized spacial score (nSPS) is 10.4. The van der Waals surface area contributed by atoms with Crippen molar-refractivity contribution < 1.29 is 9.59 Å². The van der Waals surface area contributed by atoms with E-state index < -0.39 is 0 Å². The van der Waals surface area contributed by atoms with E-state index in [1.807, 2.05) is 47.9 Å². The Labute approximate surface area is 159 Å². The van der Waals surface area contributed by atoms with Gasteiger partial charge in [-0.25, -0.2) is 0 Å². The predicted octanol–water partition coefficient (Wildman–Crippen LogP) is 3.25. The minimum atomic E-state index is 0.164. The Bertz CT molecular complexity index is 446. The Balaban J connectivity index is 2.70. The molecular formula is C16H22I2N2O2. The summed E-state index contributed by atoms with van der Waals surface area (Å²) in [6.45, 7) is 6.71. The molecule has 0 radical (unpaired) electrons. The highest BCUT2D eigenvalue weighted by molar-refractivity contribution is 14.1. The molecular weight excluding hydrogens is 506 g/mol. The second-order valence-electron chi connectivity index (χ2n) is 4.90. The minimum Gasteiger partial charge on any atom is -0.338 e. The van der Waals surface area contributed by atoms with Gasteiger partial charge in [-0.05, 0) is 25.0 Å². The summed E-state index contributed by atoms with van der Waals surface area (Å²) < 4.78 is 1.01. The predicted molar refractivity (Wildman–Crippen MR) is 106 cm³/mol. The standard InChI is InChI=1S/C16H22I2N2O2/c1-3-19(15(21)9-17)11-13-5-7-14(8-6-13)12-20(4-2)16(22)10-18/h5-8H,3-4,9-12H2,1-2H3. The van der Waals surface area contributed by atoms with Crippen molar-refractivity contribution in [2.45, 2.75) is 26.9 Å². The number of hydrogen-bond donors (Lipinski definition) is 0. The highest BCUT2D eigenvalue weighted by Crippen LogP contribution is 2.11. The third kappa shape index (κ3) is 6.02. The van der Waals surface area contributed by atoms with Crippen LogP contribution < -0.4 is 0 Å². The summed E-state index contributed by atoms with van der Waals surface area (Å²) in [4.78, 5) is 27.3. The Morgan fingerprint density at radius 1 is 0.818 bits per heavy atom. The van der Waals surface area contributed by atoms with Crippen molar-refractivity contribution in [2.24, 2.45) is 0 Å². The summed E-state index contributed by atoms with van der Waals surface area (Å²) in [6, 6.07) is 8.17. The van der Waals surface area contributed by atoms with E-state index in [0.717, 1.165) is 24.2 Å². The van der Waals surface area contributed by atoms with Gasteiger partial charge in [0.05, 0.1) is 8.86 Å². The third-order valence-corrected chi connectivity index (χ3v) is 4.77. The molecule has 122 valence electrons. The van der Waals surface area contributed by atoms with Gasteiger partial charge in [-0.3, -0.25) is 9.59 Å². The van der Waals surface area contributed by atoms with Crippen LogP contribution in [0.15, 0.2) is 24.3 Å². The minimum absolute atomic E-state index is 0.164.